The molecule has 1 aromatic carbocycles. The molecule has 1 aliphatic rings. The summed E-state index contributed by atoms with van der Waals surface area (Å²) in [6.07, 6.45) is 2.34. The SMILES string of the molecule is Cc1cc(C)nc(C2CCN(C(=O)CCc3ccccc3)C2)n1. The van der Waals surface area contributed by atoms with E-state index in [-0.39, 0.29) is 11.8 Å². The number of aryl methyl sites for hydroxylation is 3. The normalized spacial score (nSPS) is 17.5. The second-order valence-corrected chi connectivity index (χ2v) is 6.32. The van der Waals surface area contributed by atoms with Gasteiger partial charge in [0.25, 0.3) is 0 Å². The van der Waals surface area contributed by atoms with Crippen molar-refractivity contribution in [2.45, 2.75) is 39.0 Å². The van der Waals surface area contributed by atoms with Gasteiger partial charge in [-0.15, -0.1) is 0 Å². The predicted octanol–water partition coefficient (Wildman–Crippen LogP) is 3.04. The van der Waals surface area contributed by atoms with Crippen molar-refractivity contribution in [1.29, 1.82) is 0 Å². The molecule has 0 aliphatic carbocycles. The van der Waals surface area contributed by atoms with Crippen LogP contribution in [0.15, 0.2) is 36.4 Å². The van der Waals surface area contributed by atoms with E-state index in [9.17, 15) is 4.79 Å². The van der Waals surface area contributed by atoms with Gasteiger partial charge >= 0.3 is 0 Å². The average Bonchev–Trinajstić information content (AvgIpc) is 3.03. The first-order valence-corrected chi connectivity index (χ1v) is 8.25. The van der Waals surface area contributed by atoms with Gasteiger partial charge in [0.15, 0.2) is 0 Å². The zero-order valence-electron chi connectivity index (χ0n) is 13.8. The van der Waals surface area contributed by atoms with Crippen LogP contribution in [0.5, 0.6) is 0 Å². The van der Waals surface area contributed by atoms with Gasteiger partial charge in [0.05, 0.1) is 0 Å². The number of benzene rings is 1. The number of nitrogens with zero attached hydrogens (tertiary/aromatic N) is 3. The van der Waals surface area contributed by atoms with Gasteiger partial charge in [-0.1, -0.05) is 30.3 Å². The molecular formula is C19H23N3O. The Morgan fingerprint density at radius 2 is 1.87 bits per heavy atom. The minimum Gasteiger partial charge on any atom is -0.342 e. The average molecular weight is 309 g/mol. The van der Waals surface area contributed by atoms with Gasteiger partial charge in [0.2, 0.25) is 5.91 Å². The van der Waals surface area contributed by atoms with Crippen LogP contribution < -0.4 is 0 Å². The number of rotatable bonds is 4. The van der Waals surface area contributed by atoms with Gasteiger partial charge < -0.3 is 4.90 Å². The first-order valence-electron chi connectivity index (χ1n) is 8.25. The number of hydrogen-bond donors (Lipinski definition) is 0. The standard InChI is InChI=1S/C19H23N3O/c1-14-12-15(2)21-19(20-14)17-10-11-22(13-17)18(23)9-8-16-6-4-3-5-7-16/h3-7,12,17H,8-11,13H2,1-2H3. The van der Waals surface area contributed by atoms with Crippen molar-refractivity contribution >= 4 is 5.91 Å². The number of carbonyl (C=O) groups is 1. The first kappa shape index (κ1) is 15.7. The van der Waals surface area contributed by atoms with Crippen molar-refractivity contribution in [2.75, 3.05) is 13.1 Å². The summed E-state index contributed by atoms with van der Waals surface area (Å²) in [5.74, 6) is 1.40. The molecule has 1 amide bonds. The summed E-state index contributed by atoms with van der Waals surface area (Å²) >= 11 is 0. The predicted molar refractivity (Wildman–Crippen MR) is 90.2 cm³/mol. The molecule has 1 fully saturated rings. The molecule has 23 heavy (non-hydrogen) atoms. The summed E-state index contributed by atoms with van der Waals surface area (Å²) in [5, 5.41) is 0. The maximum atomic E-state index is 12.4. The number of likely N-dealkylation sites (tertiary alicyclic amines) is 1. The Balaban J connectivity index is 1.57. The molecule has 1 unspecified atom stereocenters. The van der Waals surface area contributed by atoms with Gasteiger partial charge in [0.1, 0.15) is 5.82 Å². The molecule has 4 nitrogen and oxygen atoms in total. The molecule has 1 atom stereocenters. The Kier molecular flexibility index (Phi) is 4.70. The molecule has 1 aliphatic heterocycles. The van der Waals surface area contributed by atoms with E-state index in [0.717, 1.165) is 43.1 Å². The topological polar surface area (TPSA) is 46.1 Å². The van der Waals surface area contributed by atoms with Crippen LogP contribution in [0.2, 0.25) is 0 Å². The van der Waals surface area contributed by atoms with Crippen LogP contribution >= 0.6 is 0 Å². The summed E-state index contributed by atoms with van der Waals surface area (Å²) in [6.45, 7) is 5.55. The Labute approximate surface area is 137 Å². The second kappa shape index (κ2) is 6.90. The van der Waals surface area contributed by atoms with E-state index in [1.54, 1.807) is 0 Å². The highest BCUT2D eigenvalue weighted by Gasteiger charge is 2.28. The maximum absolute atomic E-state index is 12.4. The number of amides is 1. The molecule has 2 heterocycles. The van der Waals surface area contributed by atoms with E-state index in [0.29, 0.717) is 6.42 Å². The largest absolute Gasteiger partial charge is 0.342 e. The highest BCUT2D eigenvalue weighted by molar-refractivity contribution is 5.76. The Morgan fingerprint density at radius 1 is 1.17 bits per heavy atom. The lowest BCUT2D eigenvalue weighted by molar-refractivity contribution is -0.130. The lowest BCUT2D eigenvalue weighted by Crippen LogP contribution is -2.28. The van der Waals surface area contributed by atoms with Gasteiger partial charge in [-0.2, -0.15) is 0 Å². The third kappa shape index (κ3) is 3.95. The van der Waals surface area contributed by atoms with Crippen molar-refractivity contribution in [2.24, 2.45) is 0 Å². The van der Waals surface area contributed by atoms with Gasteiger partial charge in [-0.3, -0.25) is 4.79 Å². The van der Waals surface area contributed by atoms with Crippen molar-refractivity contribution < 1.29 is 4.79 Å². The minimum atomic E-state index is 0.237. The van der Waals surface area contributed by atoms with Crippen LogP contribution in [0.25, 0.3) is 0 Å². The number of aromatic nitrogens is 2. The molecule has 2 aromatic rings. The molecule has 1 aromatic heterocycles. The fourth-order valence-corrected chi connectivity index (χ4v) is 3.19. The van der Waals surface area contributed by atoms with Crippen LogP contribution in [0.3, 0.4) is 0 Å². The molecule has 3 rings (SSSR count). The van der Waals surface area contributed by atoms with E-state index in [1.165, 1.54) is 5.56 Å². The summed E-state index contributed by atoms with van der Waals surface area (Å²) < 4.78 is 0. The smallest absolute Gasteiger partial charge is 0.222 e. The summed E-state index contributed by atoms with van der Waals surface area (Å²) in [7, 11) is 0. The van der Waals surface area contributed by atoms with E-state index < -0.39 is 0 Å². The molecule has 0 spiro atoms. The van der Waals surface area contributed by atoms with Crippen LogP contribution in [-0.4, -0.2) is 33.9 Å². The monoisotopic (exact) mass is 309 g/mol. The lowest BCUT2D eigenvalue weighted by Gasteiger charge is -2.16. The summed E-state index contributed by atoms with van der Waals surface area (Å²) in [4.78, 5) is 23.5. The third-order valence-corrected chi connectivity index (χ3v) is 4.38. The Morgan fingerprint density at radius 3 is 2.57 bits per heavy atom. The molecule has 0 bridgehead atoms. The van der Waals surface area contributed by atoms with Gasteiger partial charge in [0, 0.05) is 36.8 Å². The summed E-state index contributed by atoms with van der Waals surface area (Å²) in [6, 6.07) is 12.2. The van der Waals surface area contributed by atoms with Crippen LogP contribution in [-0.2, 0) is 11.2 Å². The zero-order valence-corrected chi connectivity index (χ0v) is 13.8. The summed E-state index contributed by atoms with van der Waals surface area (Å²) in [5.41, 5.74) is 3.22. The van der Waals surface area contributed by atoms with E-state index in [2.05, 4.69) is 22.1 Å². The van der Waals surface area contributed by atoms with Crippen molar-refractivity contribution in [3.8, 4) is 0 Å². The van der Waals surface area contributed by atoms with Gasteiger partial charge in [-0.05, 0) is 38.3 Å². The lowest BCUT2D eigenvalue weighted by atomic mass is 10.1. The minimum absolute atomic E-state index is 0.237. The van der Waals surface area contributed by atoms with E-state index in [4.69, 9.17) is 0 Å². The maximum Gasteiger partial charge on any atom is 0.222 e. The van der Waals surface area contributed by atoms with Crippen LogP contribution in [0.4, 0.5) is 0 Å². The number of hydrogen-bond acceptors (Lipinski definition) is 3. The van der Waals surface area contributed by atoms with Crippen LogP contribution in [0, 0.1) is 13.8 Å². The second-order valence-electron chi connectivity index (χ2n) is 6.32. The van der Waals surface area contributed by atoms with E-state index >= 15 is 0 Å². The third-order valence-electron chi connectivity index (χ3n) is 4.38. The number of carbonyl (C=O) groups excluding carboxylic acids is 1. The molecule has 4 heteroatoms. The first-order chi connectivity index (χ1) is 11.1. The van der Waals surface area contributed by atoms with Crippen LogP contribution in [0.1, 0.15) is 41.5 Å². The fraction of sp³-hybridized carbons (Fsp3) is 0.421. The Hall–Kier alpha value is -2.23. The zero-order chi connectivity index (χ0) is 16.2. The van der Waals surface area contributed by atoms with Crippen molar-refractivity contribution in [3.05, 3.63) is 59.2 Å². The van der Waals surface area contributed by atoms with Gasteiger partial charge in [-0.25, -0.2) is 9.97 Å². The highest BCUT2D eigenvalue weighted by atomic mass is 16.2. The van der Waals surface area contributed by atoms with Crippen molar-refractivity contribution in [3.63, 3.8) is 0 Å². The van der Waals surface area contributed by atoms with E-state index in [1.807, 2.05) is 43.0 Å². The fourth-order valence-electron chi connectivity index (χ4n) is 3.19. The molecule has 1 saturated heterocycles. The highest BCUT2D eigenvalue weighted by Crippen LogP contribution is 2.25. The molecule has 0 radical (unpaired) electrons. The molecule has 0 N–H and O–H groups in total. The Bertz CT molecular complexity index is 664. The van der Waals surface area contributed by atoms with Crippen molar-refractivity contribution in [1.82, 2.24) is 14.9 Å². The molecular weight excluding hydrogens is 286 g/mol. The quantitative estimate of drug-likeness (QED) is 0.872. The molecule has 0 saturated carbocycles. The molecule has 120 valence electrons.